The Hall–Kier alpha value is -1.63. The van der Waals surface area contributed by atoms with Gasteiger partial charge in [0.25, 0.3) is 0 Å². The summed E-state index contributed by atoms with van der Waals surface area (Å²) >= 11 is 1.18. The predicted octanol–water partition coefficient (Wildman–Crippen LogP) is 4.07. The van der Waals surface area contributed by atoms with Crippen LogP contribution in [0.25, 0.3) is 0 Å². The number of alkyl halides is 3. The molecule has 0 aliphatic carbocycles. The lowest BCUT2D eigenvalue weighted by molar-refractivity contribution is -0.139. The molecule has 2 rings (SSSR count). The van der Waals surface area contributed by atoms with E-state index in [9.17, 15) is 17.6 Å². The van der Waals surface area contributed by atoms with Crippen LogP contribution in [-0.2, 0) is 6.18 Å². The third kappa shape index (κ3) is 2.31. The first-order chi connectivity index (χ1) is 8.41. The molecular weight excluding hydrogens is 268 g/mol. The fraction of sp³-hybridized carbons (Fsp3) is 0.182. The van der Waals surface area contributed by atoms with E-state index in [1.54, 1.807) is 5.38 Å². The fourth-order valence-corrected chi connectivity index (χ4v) is 2.18. The molecule has 18 heavy (non-hydrogen) atoms. The van der Waals surface area contributed by atoms with Crippen LogP contribution < -0.4 is 4.90 Å². The predicted molar refractivity (Wildman–Crippen MR) is 61.6 cm³/mol. The van der Waals surface area contributed by atoms with Crippen LogP contribution in [0.5, 0.6) is 0 Å². The van der Waals surface area contributed by atoms with Gasteiger partial charge in [0.1, 0.15) is 11.4 Å². The van der Waals surface area contributed by atoms with Crippen LogP contribution >= 0.6 is 11.3 Å². The summed E-state index contributed by atoms with van der Waals surface area (Å²) in [6.07, 6.45) is -3.27. The summed E-state index contributed by atoms with van der Waals surface area (Å²) in [7, 11) is 1.42. The molecular formula is C11H8F4N2S. The van der Waals surface area contributed by atoms with Crippen molar-refractivity contribution in [3.8, 4) is 0 Å². The molecule has 0 N–H and O–H groups in total. The number of aromatic nitrogens is 1. The van der Waals surface area contributed by atoms with Gasteiger partial charge in [-0.3, -0.25) is 0 Å². The first-order valence-electron chi connectivity index (χ1n) is 4.90. The molecule has 0 aliphatic heterocycles. The van der Waals surface area contributed by atoms with Crippen molar-refractivity contribution in [3.63, 3.8) is 0 Å². The molecule has 2 nitrogen and oxygen atoms in total. The molecule has 96 valence electrons. The molecule has 0 radical (unpaired) electrons. The van der Waals surface area contributed by atoms with E-state index < -0.39 is 17.6 Å². The summed E-state index contributed by atoms with van der Waals surface area (Å²) in [6, 6.07) is 3.25. The Morgan fingerprint density at radius 3 is 2.56 bits per heavy atom. The van der Waals surface area contributed by atoms with E-state index in [4.69, 9.17) is 0 Å². The molecule has 7 heteroatoms. The lowest BCUT2D eigenvalue weighted by atomic mass is 10.1. The summed E-state index contributed by atoms with van der Waals surface area (Å²) in [6.45, 7) is 0. The smallest absolute Gasteiger partial charge is 0.320 e. The summed E-state index contributed by atoms with van der Waals surface area (Å²) in [5.74, 6) is -1.29. The Morgan fingerprint density at radius 1 is 1.28 bits per heavy atom. The minimum Gasteiger partial charge on any atom is -0.320 e. The van der Waals surface area contributed by atoms with Gasteiger partial charge in [0.05, 0.1) is 5.69 Å². The van der Waals surface area contributed by atoms with Crippen LogP contribution in [0, 0.1) is 5.82 Å². The van der Waals surface area contributed by atoms with E-state index in [0.717, 1.165) is 6.07 Å². The standard InChI is InChI=1S/C11H8F4N2S/c1-17(10-16-5-6-18-10)8-4-2-3-7(12)9(8)11(13,14)15/h2-6H,1H3. The average molecular weight is 276 g/mol. The van der Waals surface area contributed by atoms with Crippen molar-refractivity contribution < 1.29 is 17.6 Å². The SMILES string of the molecule is CN(c1nccs1)c1cccc(F)c1C(F)(F)F. The van der Waals surface area contributed by atoms with Gasteiger partial charge in [-0.05, 0) is 12.1 Å². The maximum absolute atomic E-state index is 13.4. The van der Waals surface area contributed by atoms with Crippen molar-refractivity contribution in [2.24, 2.45) is 0 Å². The van der Waals surface area contributed by atoms with Crippen molar-refractivity contribution in [1.29, 1.82) is 0 Å². The van der Waals surface area contributed by atoms with Gasteiger partial charge in [0.2, 0.25) is 0 Å². The van der Waals surface area contributed by atoms with E-state index >= 15 is 0 Å². The second-order valence-corrected chi connectivity index (χ2v) is 4.38. The van der Waals surface area contributed by atoms with Crippen LogP contribution in [-0.4, -0.2) is 12.0 Å². The van der Waals surface area contributed by atoms with Gasteiger partial charge >= 0.3 is 6.18 Å². The van der Waals surface area contributed by atoms with E-state index in [1.165, 1.54) is 41.6 Å². The molecule has 0 aliphatic rings. The number of benzene rings is 1. The molecule has 2 aromatic rings. The minimum absolute atomic E-state index is 0.252. The molecule has 0 spiro atoms. The van der Waals surface area contributed by atoms with Crippen molar-refractivity contribution >= 4 is 22.2 Å². The summed E-state index contributed by atoms with van der Waals surface area (Å²) in [4.78, 5) is 5.12. The highest BCUT2D eigenvalue weighted by Gasteiger charge is 2.38. The van der Waals surface area contributed by atoms with Gasteiger partial charge in [0, 0.05) is 18.6 Å². The Labute approximate surface area is 105 Å². The van der Waals surface area contributed by atoms with Gasteiger partial charge in [-0.25, -0.2) is 9.37 Å². The summed E-state index contributed by atoms with van der Waals surface area (Å²) in [5, 5.41) is 2.00. The maximum atomic E-state index is 13.4. The molecule has 0 bridgehead atoms. The van der Waals surface area contributed by atoms with E-state index in [0.29, 0.717) is 5.13 Å². The number of anilines is 2. The summed E-state index contributed by atoms with van der Waals surface area (Å²) < 4.78 is 51.9. The highest BCUT2D eigenvalue weighted by Crippen LogP contribution is 2.40. The number of halogens is 4. The number of thiazole rings is 1. The van der Waals surface area contributed by atoms with Crippen molar-refractivity contribution in [3.05, 3.63) is 41.2 Å². The first kappa shape index (κ1) is 12.8. The lowest BCUT2D eigenvalue weighted by Crippen LogP contribution is -2.18. The van der Waals surface area contributed by atoms with Crippen LogP contribution in [0.3, 0.4) is 0 Å². The van der Waals surface area contributed by atoms with Gasteiger partial charge < -0.3 is 4.90 Å². The summed E-state index contributed by atoms with van der Waals surface area (Å²) in [5.41, 5.74) is -1.53. The van der Waals surface area contributed by atoms with Crippen molar-refractivity contribution in [2.75, 3.05) is 11.9 Å². The van der Waals surface area contributed by atoms with Crippen LogP contribution in [0.2, 0.25) is 0 Å². The normalized spacial score (nSPS) is 11.6. The highest BCUT2D eigenvalue weighted by molar-refractivity contribution is 7.13. The average Bonchev–Trinajstić information content (AvgIpc) is 2.79. The molecule has 0 unspecified atom stereocenters. The van der Waals surface area contributed by atoms with Crippen LogP contribution in [0.4, 0.5) is 28.4 Å². The first-order valence-corrected chi connectivity index (χ1v) is 5.78. The molecule has 1 aromatic heterocycles. The van der Waals surface area contributed by atoms with E-state index in [2.05, 4.69) is 4.98 Å². The molecule has 1 aromatic carbocycles. The molecule has 1 heterocycles. The third-order valence-electron chi connectivity index (χ3n) is 2.34. The number of hydrogen-bond acceptors (Lipinski definition) is 3. The monoisotopic (exact) mass is 276 g/mol. The van der Waals surface area contributed by atoms with Crippen molar-refractivity contribution in [2.45, 2.75) is 6.18 Å². The molecule has 0 fully saturated rings. The van der Waals surface area contributed by atoms with Crippen LogP contribution in [0.1, 0.15) is 5.56 Å². The molecule has 0 atom stereocenters. The Kier molecular flexibility index (Phi) is 3.25. The number of nitrogens with zero attached hydrogens (tertiary/aromatic N) is 2. The highest BCUT2D eigenvalue weighted by atomic mass is 32.1. The Balaban J connectivity index is 2.55. The third-order valence-corrected chi connectivity index (χ3v) is 3.19. The van der Waals surface area contributed by atoms with Crippen LogP contribution in [0.15, 0.2) is 29.8 Å². The van der Waals surface area contributed by atoms with Gasteiger partial charge in [-0.15, -0.1) is 11.3 Å². The van der Waals surface area contributed by atoms with Gasteiger partial charge in [-0.2, -0.15) is 13.2 Å². The number of hydrogen-bond donors (Lipinski definition) is 0. The number of rotatable bonds is 2. The second kappa shape index (κ2) is 4.56. The quantitative estimate of drug-likeness (QED) is 0.769. The Morgan fingerprint density at radius 2 is 2.00 bits per heavy atom. The zero-order chi connectivity index (χ0) is 13.3. The van der Waals surface area contributed by atoms with Gasteiger partial charge in [0.15, 0.2) is 5.13 Å². The van der Waals surface area contributed by atoms with E-state index in [1.807, 2.05) is 0 Å². The molecule has 0 saturated carbocycles. The van der Waals surface area contributed by atoms with Gasteiger partial charge in [-0.1, -0.05) is 6.07 Å². The lowest BCUT2D eigenvalue weighted by Gasteiger charge is -2.21. The molecule has 0 saturated heterocycles. The topological polar surface area (TPSA) is 16.1 Å². The zero-order valence-corrected chi connectivity index (χ0v) is 10.0. The molecule has 0 amide bonds. The second-order valence-electron chi connectivity index (χ2n) is 3.51. The van der Waals surface area contributed by atoms with E-state index in [-0.39, 0.29) is 5.69 Å². The fourth-order valence-electron chi connectivity index (χ4n) is 1.56. The van der Waals surface area contributed by atoms with Crippen molar-refractivity contribution in [1.82, 2.24) is 4.98 Å². The Bertz CT molecular complexity index is 536. The zero-order valence-electron chi connectivity index (χ0n) is 9.20. The largest absolute Gasteiger partial charge is 0.421 e. The minimum atomic E-state index is -4.74. The maximum Gasteiger partial charge on any atom is 0.421 e.